The van der Waals surface area contributed by atoms with Gasteiger partial charge in [0.15, 0.2) is 0 Å². The molecular weight excluding hydrogens is 236 g/mol. The molecule has 0 saturated heterocycles. The third-order valence-corrected chi connectivity index (χ3v) is 3.69. The number of amides is 1. The van der Waals surface area contributed by atoms with Crippen LogP contribution < -0.4 is 5.32 Å². The van der Waals surface area contributed by atoms with E-state index in [1.807, 2.05) is 12.1 Å². The summed E-state index contributed by atoms with van der Waals surface area (Å²) in [7, 11) is 0. The van der Waals surface area contributed by atoms with E-state index in [9.17, 15) is 4.79 Å². The highest BCUT2D eigenvalue weighted by Gasteiger charge is 2.12. The molecule has 1 aromatic carbocycles. The number of nitrogens with zero attached hydrogens (tertiary/aromatic N) is 1. The highest BCUT2D eigenvalue weighted by Crippen LogP contribution is 2.14. The molecule has 3 heteroatoms. The van der Waals surface area contributed by atoms with Gasteiger partial charge in [-0.1, -0.05) is 32.0 Å². The number of hydrogen-bond donors (Lipinski definition) is 1. The molecule has 0 aliphatic heterocycles. The molecule has 0 bridgehead atoms. The van der Waals surface area contributed by atoms with Crippen molar-refractivity contribution in [1.82, 2.24) is 9.88 Å². The topological polar surface area (TPSA) is 34.0 Å². The van der Waals surface area contributed by atoms with Crippen LogP contribution in [0.2, 0.25) is 0 Å². The summed E-state index contributed by atoms with van der Waals surface area (Å²) in [6.07, 6.45) is 3.90. The van der Waals surface area contributed by atoms with Gasteiger partial charge in [-0.3, -0.25) is 4.79 Å². The fourth-order valence-electron chi connectivity index (χ4n) is 2.44. The molecule has 1 heterocycles. The highest BCUT2D eigenvalue weighted by molar-refractivity contribution is 5.80. The Balaban J connectivity index is 1.91. The summed E-state index contributed by atoms with van der Waals surface area (Å²) in [5.74, 6) is 0.336. The lowest BCUT2D eigenvalue weighted by atomic mass is 10.0. The molecule has 0 aliphatic carbocycles. The van der Waals surface area contributed by atoms with Crippen molar-refractivity contribution < 1.29 is 4.79 Å². The minimum absolute atomic E-state index is 0.154. The lowest BCUT2D eigenvalue weighted by molar-refractivity contribution is -0.125. The Morgan fingerprint density at radius 2 is 1.95 bits per heavy atom. The van der Waals surface area contributed by atoms with Gasteiger partial charge in [-0.05, 0) is 30.4 Å². The predicted molar refractivity (Wildman–Crippen MR) is 79.0 cm³/mol. The molecule has 0 atom stereocenters. The Morgan fingerprint density at radius 3 is 2.68 bits per heavy atom. The number of para-hydroxylation sites is 1. The van der Waals surface area contributed by atoms with Crippen LogP contribution in [0, 0.1) is 5.92 Å². The number of nitrogens with one attached hydrogen (secondary N) is 1. The second kappa shape index (κ2) is 6.41. The highest BCUT2D eigenvalue weighted by atomic mass is 16.1. The van der Waals surface area contributed by atoms with E-state index < -0.39 is 0 Å². The molecule has 0 saturated carbocycles. The van der Waals surface area contributed by atoms with Gasteiger partial charge >= 0.3 is 0 Å². The van der Waals surface area contributed by atoms with Crippen LogP contribution in [0.1, 0.15) is 26.7 Å². The third-order valence-electron chi connectivity index (χ3n) is 3.69. The van der Waals surface area contributed by atoms with Crippen molar-refractivity contribution in [2.24, 2.45) is 5.92 Å². The minimum Gasteiger partial charge on any atom is -0.354 e. The van der Waals surface area contributed by atoms with Crippen LogP contribution in [0.3, 0.4) is 0 Å². The van der Waals surface area contributed by atoms with Crippen molar-refractivity contribution in [2.45, 2.75) is 33.2 Å². The standard InChI is InChI=1S/C16H22N2O/c1-3-13(4-2)16(19)17-10-12-18-11-9-14-7-5-6-8-15(14)18/h5-9,11,13H,3-4,10,12H2,1-2H3,(H,17,19). The summed E-state index contributed by atoms with van der Waals surface area (Å²) < 4.78 is 2.18. The van der Waals surface area contributed by atoms with Crippen LogP contribution in [-0.2, 0) is 11.3 Å². The zero-order chi connectivity index (χ0) is 13.7. The van der Waals surface area contributed by atoms with Gasteiger partial charge in [0.2, 0.25) is 5.91 Å². The van der Waals surface area contributed by atoms with Crippen LogP contribution in [0.5, 0.6) is 0 Å². The summed E-state index contributed by atoms with van der Waals surface area (Å²) in [4.78, 5) is 11.9. The number of fused-ring (bicyclic) bond motifs is 1. The summed E-state index contributed by atoms with van der Waals surface area (Å²) in [5.41, 5.74) is 1.22. The summed E-state index contributed by atoms with van der Waals surface area (Å²) >= 11 is 0. The number of carbonyl (C=O) groups excluding carboxylic acids is 1. The Morgan fingerprint density at radius 1 is 1.21 bits per heavy atom. The lowest BCUT2D eigenvalue weighted by Gasteiger charge is -2.13. The number of carbonyl (C=O) groups is 1. The maximum absolute atomic E-state index is 11.9. The first-order valence-corrected chi connectivity index (χ1v) is 7.07. The van der Waals surface area contributed by atoms with Gasteiger partial charge < -0.3 is 9.88 Å². The molecule has 0 fully saturated rings. The van der Waals surface area contributed by atoms with E-state index in [1.165, 1.54) is 10.9 Å². The Kier molecular flexibility index (Phi) is 4.61. The Hall–Kier alpha value is -1.77. The molecule has 2 rings (SSSR count). The predicted octanol–water partition coefficient (Wildman–Crippen LogP) is 3.19. The molecule has 0 aliphatic rings. The zero-order valence-electron chi connectivity index (χ0n) is 11.7. The second-order valence-electron chi connectivity index (χ2n) is 4.87. The lowest BCUT2D eigenvalue weighted by Crippen LogP contribution is -2.32. The zero-order valence-corrected chi connectivity index (χ0v) is 11.7. The van der Waals surface area contributed by atoms with Crippen molar-refractivity contribution >= 4 is 16.8 Å². The third kappa shape index (κ3) is 3.16. The van der Waals surface area contributed by atoms with Gasteiger partial charge in [0.05, 0.1) is 0 Å². The van der Waals surface area contributed by atoms with E-state index in [4.69, 9.17) is 0 Å². The van der Waals surface area contributed by atoms with Crippen LogP contribution in [0.4, 0.5) is 0 Å². The SMILES string of the molecule is CCC(CC)C(=O)NCCn1ccc2ccccc21. The molecule has 0 unspecified atom stereocenters. The Labute approximate surface area is 114 Å². The molecule has 1 N–H and O–H groups in total. The van der Waals surface area contributed by atoms with E-state index in [1.54, 1.807) is 0 Å². The van der Waals surface area contributed by atoms with E-state index >= 15 is 0 Å². The van der Waals surface area contributed by atoms with Crippen molar-refractivity contribution in [3.63, 3.8) is 0 Å². The fraction of sp³-hybridized carbons (Fsp3) is 0.438. The molecule has 1 amide bonds. The van der Waals surface area contributed by atoms with Crippen LogP contribution in [0.25, 0.3) is 10.9 Å². The molecule has 1 aromatic heterocycles. The average Bonchev–Trinajstić information content (AvgIpc) is 2.84. The quantitative estimate of drug-likeness (QED) is 0.848. The molecule has 0 radical (unpaired) electrons. The van der Waals surface area contributed by atoms with E-state index in [2.05, 4.69) is 48.1 Å². The van der Waals surface area contributed by atoms with E-state index in [0.717, 1.165) is 19.4 Å². The first-order valence-electron chi connectivity index (χ1n) is 7.07. The van der Waals surface area contributed by atoms with Crippen molar-refractivity contribution in [3.8, 4) is 0 Å². The van der Waals surface area contributed by atoms with Gasteiger partial charge in [-0.2, -0.15) is 0 Å². The van der Waals surface area contributed by atoms with Crippen LogP contribution >= 0.6 is 0 Å². The molecule has 2 aromatic rings. The molecule has 102 valence electrons. The van der Waals surface area contributed by atoms with Crippen molar-refractivity contribution in [3.05, 3.63) is 36.5 Å². The van der Waals surface area contributed by atoms with Crippen molar-refractivity contribution in [1.29, 1.82) is 0 Å². The molecule has 19 heavy (non-hydrogen) atoms. The normalized spacial score (nSPS) is 11.1. The van der Waals surface area contributed by atoms with Crippen LogP contribution in [-0.4, -0.2) is 17.0 Å². The Bertz CT molecular complexity index is 540. The number of benzene rings is 1. The number of hydrogen-bond acceptors (Lipinski definition) is 1. The molecular formula is C16H22N2O. The maximum Gasteiger partial charge on any atom is 0.223 e. The van der Waals surface area contributed by atoms with Gasteiger partial charge in [-0.25, -0.2) is 0 Å². The maximum atomic E-state index is 11.9. The number of aromatic nitrogens is 1. The average molecular weight is 258 g/mol. The summed E-state index contributed by atoms with van der Waals surface area (Å²) in [5, 5.41) is 4.27. The van der Waals surface area contributed by atoms with Gasteiger partial charge in [0.1, 0.15) is 0 Å². The van der Waals surface area contributed by atoms with Gasteiger partial charge in [0, 0.05) is 30.7 Å². The summed E-state index contributed by atoms with van der Waals surface area (Å²) in [6.45, 7) is 5.63. The summed E-state index contributed by atoms with van der Waals surface area (Å²) in [6, 6.07) is 10.4. The van der Waals surface area contributed by atoms with Gasteiger partial charge in [-0.15, -0.1) is 0 Å². The van der Waals surface area contributed by atoms with Crippen LogP contribution in [0.15, 0.2) is 36.5 Å². The number of rotatable bonds is 6. The monoisotopic (exact) mass is 258 g/mol. The van der Waals surface area contributed by atoms with E-state index in [-0.39, 0.29) is 11.8 Å². The van der Waals surface area contributed by atoms with Gasteiger partial charge in [0.25, 0.3) is 0 Å². The minimum atomic E-state index is 0.154. The van der Waals surface area contributed by atoms with Crippen molar-refractivity contribution in [2.75, 3.05) is 6.54 Å². The smallest absolute Gasteiger partial charge is 0.223 e. The first-order chi connectivity index (χ1) is 9.26. The molecule has 3 nitrogen and oxygen atoms in total. The second-order valence-corrected chi connectivity index (χ2v) is 4.87. The molecule has 0 spiro atoms. The first kappa shape index (κ1) is 13.7. The van der Waals surface area contributed by atoms with E-state index in [0.29, 0.717) is 6.54 Å². The fourth-order valence-corrected chi connectivity index (χ4v) is 2.44. The largest absolute Gasteiger partial charge is 0.354 e.